The lowest BCUT2D eigenvalue weighted by molar-refractivity contribution is -0.140. The van der Waals surface area contributed by atoms with E-state index in [4.69, 9.17) is 0 Å². The monoisotopic (exact) mass is 596 g/mol. The van der Waals surface area contributed by atoms with Crippen LogP contribution < -0.4 is 9.62 Å². The number of halogens is 1. The maximum Gasteiger partial charge on any atom is 0.304 e. The van der Waals surface area contributed by atoms with Crippen molar-refractivity contribution in [1.82, 2.24) is 14.5 Å². The van der Waals surface area contributed by atoms with Crippen LogP contribution in [0.15, 0.2) is 72.8 Å². The van der Waals surface area contributed by atoms with Gasteiger partial charge in [-0.2, -0.15) is 12.7 Å². The van der Waals surface area contributed by atoms with Crippen LogP contribution in [0.4, 0.5) is 10.1 Å². The van der Waals surface area contributed by atoms with E-state index in [1.807, 2.05) is 57.2 Å². The van der Waals surface area contributed by atoms with Gasteiger partial charge in [-0.3, -0.25) is 9.59 Å². The lowest BCUT2D eigenvalue weighted by atomic mass is 10.0. The predicted octanol–water partition coefficient (Wildman–Crippen LogP) is 4.61. The van der Waals surface area contributed by atoms with Crippen molar-refractivity contribution in [2.45, 2.75) is 59.2 Å². The highest BCUT2D eigenvalue weighted by Crippen LogP contribution is 2.26. The average molecular weight is 597 g/mol. The summed E-state index contributed by atoms with van der Waals surface area (Å²) in [7, 11) is -1.33. The second-order valence-corrected chi connectivity index (χ2v) is 12.8. The average Bonchev–Trinajstić information content (AvgIpc) is 2.96. The number of rotatable bonds is 13. The molecule has 8 nitrogen and oxygen atoms in total. The van der Waals surface area contributed by atoms with Crippen LogP contribution in [0, 0.1) is 19.7 Å². The van der Waals surface area contributed by atoms with Gasteiger partial charge in [-0.15, -0.1) is 0 Å². The van der Waals surface area contributed by atoms with Gasteiger partial charge in [0.15, 0.2) is 0 Å². The molecule has 0 aliphatic heterocycles. The first-order valence-corrected chi connectivity index (χ1v) is 15.4. The minimum Gasteiger partial charge on any atom is -0.352 e. The molecule has 0 bridgehead atoms. The van der Waals surface area contributed by atoms with Crippen LogP contribution in [0.25, 0.3) is 0 Å². The Morgan fingerprint density at radius 1 is 0.952 bits per heavy atom. The Kier molecular flexibility index (Phi) is 11.2. The van der Waals surface area contributed by atoms with Crippen LogP contribution in [-0.2, 0) is 32.8 Å². The lowest BCUT2D eigenvalue weighted by Gasteiger charge is -2.35. The molecule has 1 N–H and O–H groups in total. The smallest absolute Gasteiger partial charge is 0.304 e. The molecule has 42 heavy (non-hydrogen) atoms. The standard InChI is InChI=1S/C32H41FN4O4S/c1-7-25(4)34-32(39)30(20-26-13-9-8-10-14-26)36(21-27-15-11-12-16-28(27)33)31(38)22-37(42(40,41)35(5)6)29-19-23(2)17-18-24(29)3/h8-19,25,30H,7,20-22H2,1-6H3,(H,34,39)/t25-,30-/m0/s1. The number of benzene rings is 3. The lowest BCUT2D eigenvalue weighted by Crippen LogP contribution is -2.55. The third kappa shape index (κ3) is 8.17. The first kappa shape index (κ1) is 32.8. The highest BCUT2D eigenvalue weighted by atomic mass is 32.2. The molecular weight excluding hydrogens is 555 g/mol. The topological polar surface area (TPSA) is 90.0 Å². The van der Waals surface area contributed by atoms with E-state index >= 15 is 0 Å². The molecule has 3 aromatic rings. The summed E-state index contributed by atoms with van der Waals surface area (Å²) in [5.74, 6) is -1.56. The van der Waals surface area contributed by atoms with Gasteiger partial charge in [-0.05, 0) is 56.0 Å². The van der Waals surface area contributed by atoms with Gasteiger partial charge in [0.2, 0.25) is 11.8 Å². The largest absolute Gasteiger partial charge is 0.352 e. The molecule has 3 rings (SSSR count). The van der Waals surface area contributed by atoms with Crippen LogP contribution in [0.2, 0.25) is 0 Å². The highest BCUT2D eigenvalue weighted by molar-refractivity contribution is 7.90. The van der Waals surface area contributed by atoms with E-state index in [1.54, 1.807) is 37.3 Å². The molecule has 2 amide bonds. The maximum atomic E-state index is 14.9. The van der Waals surface area contributed by atoms with E-state index in [-0.39, 0.29) is 24.6 Å². The van der Waals surface area contributed by atoms with Crippen LogP contribution in [0.3, 0.4) is 0 Å². The summed E-state index contributed by atoms with van der Waals surface area (Å²) in [6, 6.07) is 19.5. The van der Waals surface area contributed by atoms with Gasteiger partial charge in [0.05, 0.1) is 5.69 Å². The number of hydrogen-bond acceptors (Lipinski definition) is 4. The van der Waals surface area contributed by atoms with Crippen molar-refractivity contribution in [2.24, 2.45) is 0 Å². The molecule has 2 atom stereocenters. The third-order valence-corrected chi connectivity index (χ3v) is 9.03. The van der Waals surface area contributed by atoms with E-state index in [2.05, 4.69) is 5.32 Å². The normalized spacial score (nSPS) is 13.0. The van der Waals surface area contributed by atoms with Crippen LogP contribution in [0.1, 0.15) is 42.5 Å². The second kappa shape index (κ2) is 14.4. The summed E-state index contributed by atoms with van der Waals surface area (Å²) >= 11 is 0. The Bertz CT molecular complexity index is 1480. The van der Waals surface area contributed by atoms with Crippen molar-refractivity contribution in [2.75, 3.05) is 24.9 Å². The molecule has 0 saturated heterocycles. The Labute approximate surface area is 249 Å². The van der Waals surface area contributed by atoms with Gasteiger partial charge in [-0.25, -0.2) is 8.70 Å². The van der Waals surface area contributed by atoms with Gasteiger partial charge in [0.25, 0.3) is 0 Å². The van der Waals surface area contributed by atoms with Crippen molar-refractivity contribution in [3.05, 3.63) is 101 Å². The molecule has 0 unspecified atom stereocenters. The van der Waals surface area contributed by atoms with Gasteiger partial charge in [0, 0.05) is 38.7 Å². The zero-order valence-electron chi connectivity index (χ0n) is 25.2. The van der Waals surface area contributed by atoms with Gasteiger partial charge < -0.3 is 10.2 Å². The van der Waals surface area contributed by atoms with Crippen molar-refractivity contribution in [1.29, 1.82) is 0 Å². The van der Waals surface area contributed by atoms with Gasteiger partial charge in [0.1, 0.15) is 18.4 Å². The molecule has 0 aliphatic rings. The highest BCUT2D eigenvalue weighted by Gasteiger charge is 2.35. The molecule has 0 radical (unpaired) electrons. The van der Waals surface area contributed by atoms with Crippen molar-refractivity contribution >= 4 is 27.7 Å². The number of aryl methyl sites for hydroxylation is 2. The summed E-state index contributed by atoms with van der Waals surface area (Å²) in [4.78, 5) is 29.4. The predicted molar refractivity (Wildman–Crippen MR) is 165 cm³/mol. The minimum atomic E-state index is -4.12. The Morgan fingerprint density at radius 2 is 1.60 bits per heavy atom. The number of nitrogens with one attached hydrogen (secondary N) is 1. The molecule has 0 heterocycles. The fourth-order valence-corrected chi connectivity index (χ4v) is 5.61. The molecule has 0 spiro atoms. The number of hydrogen-bond donors (Lipinski definition) is 1. The summed E-state index contributed by atoms with van der Waals surface area (Å²) in [5, 5.41) is 2.97. The molecule has 3 aromatic carbocycles. The third-order valence-electron chi connectivity index (χ3n) is 7.22. The molecule has 0 fully saturated rings. The quantitative estimate of drug-likeness (QED) is 0.312. The fourth-order valence-electron chi connectivity index (χ4n) is 4.50. The summed E-state index contributed by atoms with van der Waals surface area (Å²) in [6.45, 7) is 6.61. The van der Waals surface area contributed by atoms with Crippen LogP contribution in [-0.4, -0.2) is 62.2 Å². The number of carbonyl (C=O) groups is 2. The Balaban J connectivity index is 2.14. The number of anilines is 1. The first-order chi connectivity index (χ1) is 19.8. The molecular formula is C32H41FN4O4S. The minimum absolute atomic E-state index is 0.160. The van der Waals surface area contributed by atoms with Gasteiger partial charge in [-0.1, -0.05) is 67.6 Å². The zero-order valence-corrected chi connectivity index (χ0v) is 26.0. The summed E-state index contributed by atoms with van der Waals surface area (Å²) < 4.78 is 44.2. The summed E-state index contributed by atoms with van der Waals surface area (Å²) in [5.41, 5.74) is 2.86. The van der Waals surface area contributed by atoms with E-state index in [1.165, 1.54) is 25.1 Å². The maximum absolute atomic E-state index is 14.9. The number of amides is 2. The molecule has 226 valence electrons. The van der Waals surface area contributed by atoms with Crippen molar-refractivity contribution in [3.63, 3.8) is 0 Å². The van der Waals surface area contributed by atoms with Crippen molar-refractivity contribution in [3.8, 4) is 0 Å². The number of carbonyl (C=O) groups excluding carboxylic acids is 2. The van der Waals surface area contributed by atoms with E-state index in [0.717, 1.165) is 19.7 Å². The molecule has 10 heteroatoms. The fraction of sp³-hybridized carbons (Fsp3) is 0.375. The second-order valence-electron chi connectivity index (χ2n) is 10.7. The SMILES string of the molecule is CC[C@H](C)NC(=O)[C@H](Cc1ccccc1)N(Cc1ccccc1F)C(=O)CN(c1cc(C)ccc1C)S(=O)(=O)N(C)C. The van der Waals surface area contributed by atoms with Crippen LogP contribution >= 0.6 is 0 Å². The zero-order chi connectivity index (χ0) is 31.0. The Morgan fingerprint density at radius 3 is 2.21 bits per heavy atom. The summed E-state index contributed by atoms with van der Waals surface area (Å²) in [6.07, 6.45) is 0.833. The van der Waals surface area contributed by atoms with Crippen molar-refractivity contribution < 1.29 is 22.4 Å². The molecule has 0 saturated carbocycles. The van der Waals surface area contributed by atoms with Crippen LogP contribution in [0.5, 0.6) is 0 Å². The molecule has 0 aromatic heterocycles. The van der Waals surface area contributed by atoms with E-state index < -0.39 is 40.4 Å². The van der Waals surface area contributed by atoms with E-state index in [0.29, 0.717) is 17.7 Å². The Hall–Kier alpha value is -3.76. The number of nitrogens with zero attached hydrogens (tertiary/aromatic N) is 3. The first-order valence-electron chi connectivity index (χ1n) is 14.0. The van der Waals surface area contributed by atoms with E-state index in [9.17, 15) is 22.4 Å². The molecule has 0 aliphatic carbocycles. The van der Waals surface area contributed by atoms with Gasteiger partial charge >= 0.3 is 10.2 Å².